The first kappa shape index (κ1) is 26.5. The van der Waals surface area contributed by atoms with Crippen LogP contribution in [0.3, 0.4) is 0 Å². The Hall–Kier alpha value is -2.54. The van der Waals surface area contributed by atoms with E-state index in [0.29, 0.717) is 35.4 Å². The summed E-state index contributed by atoms with van der Waals surface area (Å²) in [5.74, 6) is 3.31. The Kier molecular flexibility index (Phi) is 7.98. The van der Waals surface area contributed by atoms with Crippen molar-refractivity contribution in [2.24, 2.45) is 11.3 Å². The SMILES string of the molecule is CC/C=C(/OC(=C(C)C)C(C)(C)C)C1CCC(c2cc(Nc3ccc4c(c3F)C[N+](=S)CC4)n[nH]2)C1. The number of allylic oxidation sites excluding steroid dienone is 4. The van der Waals surface area contributed by atoms with Gasteiger partial charge in [0.25, 0.3) is 12.4 Å². The number of fused-ring (bicyclic) bond motifs is 1. The monoisotopic (exact) mass is 511 g/mol. The topological polar surface area (TPSA) is 52.9 Å². The largest absolute Gasteiger partial charge is 0.466 e. The number of hydrogen-bond donors (Lipinski definition) is 2. The van der Waals surface area contributed by atoms with Crippen LogP contribution in [0.15, 0.2) is 41.4 Å². The number of ether oxygens (including phenoxy) is 1. The number of nitrogens with zero attached hydrogens (tertiary/aromatic N) is 2. The molecule has 1 aromatic carbocycles. The number of hydrogen-bond acceptors (Lipinski definition) is 4. The molecule has 2 atom stereocenters. The van der Waals surface area contributed by atoms with Gasteiger partial charge in [-0.2, -0.15) is 9.04 Å². The van der Waals surface area contributed by atoms with Gasteiger partial charge in [0.15, 0.2) is 24.7 Å². The van der Waals surface area contributed by atoms with E-state index in [4.69, 9.17) is 17.2 Å². The molecule has 1 aliphatic heterocycles. The standard InChI is InChI=1S/C29H40FN4OS/c1-7-8-25(35-28(18(2)3)29(4,5)6)21-10-9-20(15-21)24-16-26(33-32-24)31-23-12-11-19-13-14-34(36)17-22(19)27(23)30/h8,11-12,16,20-21H,7,9-10,13-15,17H2,1-6H3,(H2,31,32,33)/q+1/b25-8+. The van der Waals surface area contributed by atoms with Crippen LogP contribution in [0.4, 0.5) is 15.9 Å². The molecule has 194 valence electrons. The Morgan fingerprint density at radius 2 is 2.08 bits per heavy atom. The second kappa shape index (κ2) is 10.8. The van der Waals surface area contributed by atoms with Gasteiger partial charge < -0.3 is 10.1 Å². The summed E-state index contributed by atoms with van der Waals surface area (Å²) in [6.07, 6.45) is 7.13. The number of aromatic amines is 1. The highest BCUT2D eigenvalue weighted by molar-refractivity contribution is 7.44. The summed E-state index contributed by atoms with van der Waals surface area (Å²) < 4.78 is 23.5. The number of H-pyrrole nitrogens is 1. The van der Waals surface area contributed by atoms with E-state index in [1.54, 1.807) is 3.95 Å². The number of anilines is 2. The summed E-state index contributed by atoms with van der Waals surface area (Å²) in [5.41, 5.74) is 4.45. The molecule has 2 heterocycles. The van der Waals surface area contributed by atoms with Crippen molar-refractivity contribution < 1.29 is 13.1 Å². The lowest BCUT2D eigenvalue weighted by Crippen LogP contribution is -2.21. The highest BCUT2D eigenvalue weighted by Crippen LogP contribution is 2.44. The van der Waals surface area contributed by atoms with Crippen molar-refractivity contribution in [3.8, 4) is 0 Å². The minimum atomic E-state index is -0.229. The van der Waals surface area contributed by atoms with Crippen LogP contribution in [0, 0.1) is 17.2 Å². The number of halogens is 1. The lowest BCUT2D eigenvalue weighted by molar-refractivity contribution is -0.518. The molecular formula is C29H40FN4OS+. The number of nitrogens with one attached hydrogen (secondary N) is 2. The fourth-order valence-electron chi connectivity index (χ4n) is 5.55. The van der Waals surface area contributed by atoms with Crippen molar-refractivity contribution in [2.75, 3.05) is 11.9 Å². The zero-order valence-corrected chi connectivity index (χ0v) is 23.3. The smallest absolute Gasteiger partial charge is 0.263 e. The number of aromatic nitrogens is 2. The maximum Gasteiger partial charge on any atom is 0.263 e. The van der Waals surface area contributed by atoms with Crippen molar-refractivity contribution in [1.82, 2.24) is 10.2 Å². The third-order valence-corrected chi connectivity index (χ3v) is 7.51. The Bertz CT molecular complexity index is 1190. The molecule has 0 amide bonds. The molecule has 0 bridgehead atoms. The quantitative estimate of drug-likeness (QED) is 0.296. The van der Waals surface area contributed by atoms with Gasteiger partial charge in [-0.25, -0.2) is 4.39 Å². The molecule has 1 aliphatic carbocycles. The van der Waals surface area contributed by atoms with Crippen LogP contribution in [0.2, 0.25) is 0 Å². The van der Waals surface area contributed by atoms with Gasteiger partial charge >= 0.3 is 0 Å². The second-order valence-corrected chi connectivity index (χ2v) is 11.9. The predicted molar refractivity (Wildman–Crippen MR) is 146 cm³/mol. The van der Waals surface area contributed by atoms with Crippen LogP contribution in [0.5, 0.6) is 0 Å². The van der Waals surface area contributed by atoms with Crippen LogP contribution < -0.4 is 5.32 Å². The summed E-state index contributed by atoms with van der Waals surface area (Å²) in [6, 6.07) is 5.83. The highest BCUT2D eigenvalue weighted by Gasteiger charge is 2.32. The van der Waals surface area contributed by atoms with E-state index in [1.165, 1.54) is 5.57 Å². The number of benzene rings is 1. The van der Waals surface area contributed by atoms with Gasteiger partial charge in [-0.15, -0.1) is 0 Å². The van der Waals surface area contributed by atoms with Gasteiger partial charge in [0, 0.05) is 35.4 Å². The average Bonchev–Trinajstić information content (AvgIpc) is 3.47. The fraction of sp³-hybridized carbons (Fsp3) is 0.552. The van der Waals surface area contributed by atoms with Crippen molar-refractivity contribution >= 4 is 23.9 Å². The predicted octanol–water partition coefficient (Wildman–Crippen LogP) is 7.63. The molecule has 1 saturated carbocycles. The molecule has 1 aromatic heterocycles. The van der Waals surface area contributed by atoms with Crippen LogP contribution in [0.25, 0.3) is 0 Å². The van der Waals surface area contributed by atoms with Crippen molar-refractivity contribution in [3.63, 3.8) is 0 Å². The minimum absolute atomic E-state index is 0.0385. The molecule has 2 aromatic rings. The third-order valence-electron chi connectivity index (χ3n) is 7.20. The van der Waals surface area contributed by atoms with E-state index in [1.807, 2.05) is 18.2 Å². The fourth-order valence-corrected chi connectivity index (χ4v) is 5.77. The maximum atomic E-state index is 15.2. The van der Waals surface area contributed by atoms with E-state index in [0.717, 1.165) is 61.4 Å². The van der Waals surface area contributed by atoms with E-state index in [2.05, 4.69) is 63.1 Å². The van der Waals surface area contributed by atoms with Gasteiger partial charge in [0.2, 0.25) is 0 Å². The molecule has 7 heteroatoms. The van der Waals surface area contributed by atoms with E-state index in [-0.39, 0.29) is 11.2 Å². The first-order chi connectivity index (χ1) is 17.1. The molecule has 1 fully saturated rings. The van der Waals surface area contributed by atoms with E-state index >= 15 is 4.39 Å². The van der Waals surface area contributed by atoms with Gasteiger partial charge in [0.1, 0.15) is 11.5 Å². The number of rotatable bonds is 7. The Morgan fingerprint density at radius 3 is 2.78 bits per heavy atom. The molecule has 2 N–H and O–H groups in total. The Labute approximate surface area is 220 Å². The lowest BCUT2D eigenvalue weighted by Gasteiger charge is -2.28. The van der Waals surface area contributed by atoms with Gasteiger partial charge in [0.05, 0.1) is 11.3 Å². The molecule has 0 radical (unpaired) electrons. The summed E-state index contributed by atoms with van der Waals surface area (Å²) in [5, 5.41) is 10.8. The molecule has 2 unspecified atom stereocenters. The second-order valence-electron chi connectivity index (χ2n) is 11.4. The van der Waals surface area contributed by atoms with Crippen molar-refractivity contribution in [3.05, 3.63) is 64.0 Å². The van der Waals surface area contributed by atoms with Crippen LogP contribution >= 0.6 is 0 Å². The summed E-state index contributed by atoms with van der Waals surface area (Å²) >= 11 is 5.27. The molecule has 5 nitrogen and oxygen atoms in total. The van der Waals surface area contributed by atoms with Gasteiger partial charge in [-0.05, 0) is 62.8 Å². The summed E-state index contributed by atoms with van der Waals surface area (Å²) in [7, 11) is 0. The van der Waals surface area contributed by atoms with Gasteiger partial charge in [-0.3, -0.25) is 5.10 Å². The lowest BCUT2D eigenvalue weighted by atomic mass is 9.91. The normalized spacial score (nSPS) is 20.3. The maximum absolute atomic E-state index is 15.2. The Balaban J connectivity index is 1.45. The first-order valence-electron chi connectivity index (χ1n) is 13.2. The van der Waals surface area contributed by atoms with Crippen LogP contribution in [-0.2, 0) is 30.1 Å². The molecule has 36 heavy (non-hydrogen) atoms. The molecule has 2 aliphatic rings. The van der Waals surface area contributed by atoms with E-state index < -0.39 is 0 Å². The minimum Gasteiger partial charge on any atom is -0.466 e. The summed E-state index contributed by atoms with van der Waals surface area (Å²) in [6.45, 7) is 14.3. The van der Waals surface area contributed by atoms with E-state index in [9.17, 15) is 0 Å². The zero-order chi connectivity index (χ0) is 26.0. The summed E-state index contributed by atoms with van der Waals surface area (Å²) in [4.78, 5) is 0. The van der Waals surface area contributed by atoms with Gasteiger partial charge in [-0.1, -0.05) is 33.8 Å². The molecule has 0 spiro atoms. The molecule has 0 saturated heterocycles. The van der Waals surface area contributed by atoms with Crippen LogP contribution in [0.1, 0.15) is 90.0 Å². The molecular weight excluding hydrogens is 471 g/mol. The third kappa shape index (κ3) is 5.88. The van der Waals surface area contributed by atoms with Crippen LogP contribution in [-0.4, -0.2) is 20.7 Å². The average molecular weight is 512 g/mol. The van der Waals surface area contributed by atoms with Crippen molar-refractivity contribution in [1.29, 1.82) is 0 Å². The first-order valence-corrected chi connectivity index (χ1v) is 13.5. The Morgan fingerprint density at radius 1 is 1.31 bits per heavy atom. The highest BCUT2D eigenvalue weighted by atomic mass is 32.1. The van der Waals surface area contributed by atoms with Crippen molar-refractivity contribution in [2.45, 2.75) is 86.1 Å². The zero-order valence-electron chi connectivity index (χ0n) is 22.5. The molecule has 4 rings (SSSR count).